The van der Waals surface area contributed by atoms with Gasteiger partial charge in [0.25, 0.3) is 0 Å². The Labute approximate surface area is 224 Å². The normalized spacial score (nSPS) is 29.8. The zero-order valence-corrected chi connectivity index (χ0v) is 21.8. The van der Waals surface area contributed by atoms with Gasteiger partial charge in [-0.3, -0.25) is 14.4 Å². The van der Waals surface area contributed by atoms with Crippen molar-refractivity contribution in [2.75, 3.05) is 13.7 Å². The number of phenolic OH excluding ortho intramolecular Hbond substituents is 2. The number of benzene rings is 2. The molecule has 11 nitrogen and oxygen atoms in total. The molecule has 2 aromatic rings. The van der Waals surface area contributed by atoms with Gasteiger partial charge in [-0.05, 0) is 18.9 Å². The third kappa shape index (κ3) is 4.12. The molecule has 3 aliphatic rings. The highest BCUT2D eigenvalue weighted by molar-refractivity contribution is 6.31. The number of ether oxygens (including phenoxy) is 3. The summed E-state index contributed by atoms with van der Waals surface area (Å²) in [7, 11) is 1.34. The van der Waals surface area contributed by atoms with Crippen LogP contribution < -0.4 is 10.5 Å². The number of carbonyl (C=O) groups excluding carboxylic acids is 3. The first-order chi connectivity index (χ1) is 18.4. The molecule has 0 unspecified atom stereocenters. The summed E-state index contributed by atoms with van der Waals surface area (Å²) in [6, 6.07) is 4.14. The van der Waals surface area contributed by atoms with Gasteiger partial charge in [-0.25, -0.2) is 0 Å². The number of Topliss-reactive ketones (excluding diaryl/α,β-unsaturated/α-hetero) is 1. The van der Waals surface area contributed by atoms with Gasteiger partial charge in [-0.2, -0.15) is 0 Å². The molecular weight excluding hydrogens is 510 g/mol. The molecule has 5 rings (SSSR count). The average Bonchev–Trinajstić information content (AvgIpc) is 2.90. The Hall–Kier alpha value is -3.35. The van der Waals surface area contributed by atoms with Crippen molar-refractivity contribution in [3.8, 4) is 17.2 Å². The van der Waals surface area contributed by atoms with Crippen LogP contribution in [0, 0.1) is 5.92 Å². The molecule has 0 amide bonds. The van der Waals surface area contributed by atoms with E-state index in [1.165, 1.54) is 25.3 Å². The first-order valence-electron chi connectivity index (χ1n) is 12.7. The van der Waals surface area contributed by atoms with Gasteiger partial charge in [0.15, 0.2) is 17.9 Å². The van der Waals surface area contributed by atoms with E-state index in [0.29, 0.717) is 0 Å². The van der Waals surface area contributed by atoms with Crippen LogP contribution in [0.5, 0.6) is 17.2 Å². The van der Waals surface area contributed by atoms with Crippen LogP contribution in [0.15, 0.2) is 18.2 Å². The largest absolute Gasteiger partial charge is 0.507 e. The number of fused-ring (bicyclic) bond motifs is 3. The number of aliphatic hydroxyl groups is 2. The Morgan fingerprint density at radius 1 is 1.13 bits per heavy atom. The maximum absolute atomic E-state index is 13.7. The van der Waals surface area contributed by atoms with Crippen molar-refractivity contribution in [1.29, 1.82) is 0 Å². The highest BCUT2D eigenvalue weighted by Crippen LogP contribution is 2.52. The fourth-order valence-corrected chi connectivity index (χ4v) is 5.87. The smallest absolute Gasteiger partial charge is 0.202 e. The van der Waals surface area contributed by atoms with Crippen molar-refractivity contribution in [3.05, 3.63) is 51.6 Å². The molecule has 6 N–H and O–H groups in total. The highest BCUT2D eigenvalue weighted by atomic mass is 16.7. The number of ketones is 3. The van der Waals surface area contributed by atoms with E-state index < -0.39 is 77.4 Å². The molecule has 1 aliphatic heterocycles. The van der Waals surface area contributed by atoms with Gasteiger partial charge in [0.05, 0.1) is 36.0 Å². The zero-order chi connectivity index (χ0) is 28.4. The fourth-order valence-electron chi connectivity index (χ4n) is 5.87. The summed E-state index contributed by atoms with van der Waals surface area (Å²) in [6.07, 6.45) is -3.11. The zero-order valence-electron chi connectivity index (χ0n) is 21.8. The van der Waals surface area contributed by atoms with Crippen LogP contribution in [0.2, 0.25) is 0 Å². The van der Waals surface area contributed by atoms with Crippen molar-refractivity contribution in [2.45, 2.75) is 63.3 Å². The molecule has 11 heteroatoms. The lowest BCUT2D eigenvalue weighted by Crippen LogP contribution is -2.50. The van der Waals surface area contributed by atoms with Crippen molar-refractivity contribution in [1.82, 2.24) is 0 Å². The summed E-state index contributed by atoms with van der Waals surface area (Å²) < 4.78 is 17.4. The standard InChI is InChI=1S/C28H31NO10/c1-11-12(2)38-19(7-15(11)29)39-17-9-28(36,18(31)10-30)8-14-21(17)27(35)23-22(25(14)33)24(32)13-5-4-6-16(37-3)20(13)26(23)34/h4-6,11-12,15,17,19,30,33,35-36H,7-10,29H2,1-3H3/t11-,12+,15+,17+,19+,28+/m1/s1. The van der Waals surface area contributed by atoms with E-state index in [9.17, 15) is 34.8 Å². The molecule has 39 heavy (non-hydrogen) atoms. The van der Waals surface area contributed by atoms with Gasteiger partial charge in [0.1, 0.15) is 29.5 Å². The summed E-state index contributed by atoms with van der Waals surface area (Å²) in [4.78, 5) is 39.8. The van der Waals surface area contributed by atoms with Crippen molar-refractivity contribution < 1.29 is 49.0 Å². The minimum absolute atomic E-state index is 0.0274. The molecule has 208 valence electrons. The summed E-state index contributed by atoms with van der Waals surface area (Å²) >= 11 is 0. The number of methoxy groups -OCH3 is 1. The molecule has 1 heterocycles. The van der Waals surface area contributed by atoms with E-state index in [2.05, 4.69) is 0 Å². The predicted octanol–water partition coefficient (Wildman–Crippen LogP) is 1.28. The van der Waals surface area contributed by atoms with Gasteiger partial charge in [0.2, 0.25) is 5.78 Å². The van der Waals surface area contributed by atoms with Crippen LogP contribution in [-0.2, 0) is 20.7 Å². The Bertz CT molecular complexity index is 1380. The molecule has 2 aliphatic carbocycles. The van der Waals surface area contributed by atoms with Crippen LogP contribution in [0.25, 0.3) is 0 Å². The molecule has 6 atom stereocenters. The summed E-state index contributed by atoms with van der Waals surface area (Å²) in [5.74, 6) is -3.53. The first kappa shape index (κ1) is 27.2. The van der Waals surface area contributed by atoms with Crippen LogP contribution in [0.3, 0.4) is 0 Å². The van der Waals surface area contributed by atoms with Crippen LogP contribution >= 0.6 is 0 Å². The second-order valence-corrected chi connectivity index (χ2v) is 10.5. The van der Waals surface area contributed by atoms with E-state index >= 15 is 0 Å². The highest BCUT2D eigenvalue weighted by Gasteiger charge is 2.50. The second-order valence-electron chi connectivity index (χ2n) is 10.5. The topological polar surface area (TPSA) is 186 Å². The number of rotatable bonds is 5. The molecule has 0 aromatic heterocycles. The predicted molar refractivity (Wildman–Crippen MR) is 135 cm³/mol. The Balaban J connectivity index is 1.69. The fraction of sp³-hybridized carbons (Fsp3) is 0.464. The van der Waals surface area contributed by atoms with Crippen molar-refractivity contribution in [3.63, 3.8) is 0 Å². The Kier molecular flexibility index (Phi) is 6.76. The van der Waals surface area contributed by atoms with Gasteiger partial charge >= 0.3 is 0 Å². The van der Waals surface area contributed by atoms with E-state index in [1.807, 2.05) is 13.8 Å². The number of carbonyl (C=O) groups is 3. The molecule has 0 spiro atoms. The first-order valence-corrected chi connectivity index (χ1v) is 12.7. The SMILES string of the molecule is COc1cccc2c1C(=O)c1c(O)c3c(c(O)c1C2=O)C[C@@](O)(C(=O)CO)C[C@@H]3O[C@H]1C[C@H](N)[C@H](C)[C@H](C)O1. The lowest BCUT2D eigenvalue weighted by molar-refractivity contribution is -0.236. The third-order valence-electron chi connectivity index (χ3n) is 8.30. The van der Waals surface area contributed by atoms with Crippen molar-refractivity contribution >= 4 is 17.3 Å². The number of aromatic hydroxyl groups is 2. The number of hydrogen-bond acceptors (Lipinski definition) is 11. The molecule has 1 fully saturated rings. The summed E-state index contributed by atoms with van der Waals surface area (Å²) in [6.45, 7) is 2.78. The number of hydrogen-bond donors (Lipinski definition) is 5. The lowest BCUT2D eigenvalue weighted by Gasteiger charge is -2.42. The van der Waals surface area contributed by atoms with Gasteiger partial charge < -0.3 is 40.4 Å². The van der Waals surface area contributed by atoms with Crippen LogP contribution in [0.1, 0.15) is 75.8 Å². The third-order valence-corrected chi connectivity index (χ3v) is 8.30. The monoisotopic (exact) mass is 541 g/mol. The van der Waals surface area contributed by atoms with E-state index in [-0.39, 0.29) is 52.5 Å². The van der Waals surface area contributed by atoms with E-state index in [4.69, 9.17) is 19.9 Å². The maximum Gasteiger partial charge on any atom is 0.202 e. The van der Waals surface area contributed by atoms with E-state index in [0.717, 1.165) is 0 Å². The minimum Gasteiger partial charge on any atom is -0.507 e. The summed E-state index contributed by atoms with van der Waals surface area (Å²) in [5, 5.41) is 43.7. The lowest BCUT2D eigenvalue weighted by atomic mass is 9.72. The maximum atomic E-state index is 13.7. The molecule has 1 saturated heterocycles. The quantitative estimate of drug-likeness (QED) is 0.293. The Morgan fingerprint density at radius 3 is 2.46 bits per heavy atom. The molecule has 0 radical (unpaired) electrons. The number of nitrogens with two attached hydrogens (primary N) is 1. The van der Waals surface area contributed by atoms with Gasteiger partial charge in [-0.1, -0.05) is 19.1 Å². The minimum atomic E-state index is -2.19. The van der Waals surface area contributed by atoms with Gasteiger partial charge in [0, 0.05) is 42.0 Å². The average molecular weight is 542 g/mol. The van der Waals surface area contributed by atoms with Crippen LogP contribution in [0.4, 0.5) is 0 Å². The summed E-state index contributed by atoms with van der Waals surface area (Å²) in [5.41, 5.74) is 2.91. The number of aliphatic hydroxyl groups excluding tert-OH is 1. The Morgan fingerprint density at radius 2 is 1.82 bits per heavy atom. The molecule has 0 saturated carbocycles. The number of phenols is 2. The van der Waals surface area contributed by atoms with Gasteiger partial charge in [-0.15, -0.1) is 0 Å². The van der Waals surface area contributed by atoms with E-state index in [1.54, 1.807) is 0 Å². The molecule has 2 aromatic carbocycles. The van der Waals surface area contributed by atoms with Crippen molar-refractivity contribution in [2.24, 2.45) is 11.7 Å². The molecular formula is C28H31NO10. The second kappa shape index (κ2) is 9.68. The molecule has 0 bridgehead atoms. The van der Waals surface area contributed by atoms with Crippen LogP contribution in [-0.4, -0.2) is 75.5 Å².